The lowest BCUT2D eigenvalue weighted by Crippen LogP contribution is -2.46. The van der Waals surface area contributed by atoms with Crippen molar-refractivity contribution in [3.8, 4) is 0 Å². The number of quaternary nitrogens is 1. The number of likely N-dealkylation sites (N-methyl/N-ethyl adjacent to an activating group) is 1. The third-order valence-corrected chi connectivity index (χ3v) is 14.1. The third-order valence-electron chi connectivity index (χ3n) is 13.1. The molecule has 0 aromatic heterocycles. The number of aliphatic hydroxyl groups is 1. The fourth-order valence-electron chi connectivity index (χ4n) is 8.26. The van der Waals surface area contributed by atoms with Crippen molar-refractivity contribution in [3.63, 3.8) is 0 Å². The number of amides is 1. The number of nitrogens with zero attached hydrogens (tertiary/aromatic N) is 1. The van der Waals surface area contributed by atoms with Gasteiger partial charge >= 0.3 is 0 Å². The number of nitrogens with one attached hydrogen (secondary N) is 1. The Morgan fingerprint density at radius 3 is 1.14 bits per heavy atom. The molecular weight excluding hydrogens is 984 g/mol. The van der Waals surface area contributed by atoms with Gasteiger partial charge in [0.15, 0.2) is 0 Å². The molecular formula is C69H117N2O6P. The maximum absolute atomic E-state index is 13.0. The highest BCUT2D eigenvalue weighted by atomic mass is 31.2. The lowest BCUT2D eigenvalue weighted by Gasteiger charge is -2.30. The van der Waals surface area contributed by atoms with Gasteiger partial charge in [0.1, 0.15) is 13.2 Å². The van der Waals surface area contributed by atoms with Crippen LogP contribution in [0.1, 0.15) is 232 Å². The summed E-state index contributed by atoms with van der Waals surface area (Å²) in [5.41, 5.74) is 0. The maximum atomic E-state index is 13.0. The van der Waals surface area contributed by atoms with Crippen LogP contribution in [0, 0.1) is 0 Å². The Morgan fingerprint density at radius 1 is 0.462 bits per heavy atom. The van der Waals surface area contributed by atoms with Gasteiger partial charge in [-0.3, -0.25) is 9.36 Å². The average molecular weight is 1100 g/mol. The first-order valence-corrected chi connectivity index (χ1v) is 32.6. The molecule has 0 bridgehead atoms. The Hall–Kier alpha value is -3.62. The van der Waals surface area contributed by atoms with E-state index < -0.39 is 20.0 Å². The van der Waals surface area contributed by atoms with Crippen molar-refractivity contribution in [2.75, 3.05) is 40.9 Å². The molecule has 0 aromatic carbocycles. The standard InChI is InChI=1S/C69H117N2O6P/c1-6-8-10-12-14-16-18-20-22-23-24-25-26-27-28-29-30-31-32-33-34-35-36-37-38-39-40-41-42-43-44-45-46-47-49-51-53-55-57-59-61-63-69(73)70-67(66-77-78(74,75)76-65-64-71(3,4)5)68(72)62-60-58-56-54-52-50-48-21-19-17-15-13-11-9-7-2/h8,10,14,16,20,22,24-25,27-28,30-31,33-34,36-37,39-40,42-43,45-46,49,51,67-68,72H,6-7,9,11-13,15,17-19,21,23,26,29,32,35,38,41,44,47-48,50,52-66H2,1-5H3,(H-,70,73,74,75)/b10-8-,16-14-,22-20-,25-24-,28-27-,31-30-,34-33-,37-36-,40-39-,43-42-,46-45-,51-49-. The smallest absolute Gasteiger partial charge is 0.268 e. The van der Waals surface area contributed by atoms with E-state index in [-0.39, 0.29) is 19.1 Å². The molecule has 0 saturated carbocycles. The predicted molar refractivity (Wildman–Crippen MR) is 338 cm³/mol. The minimum Gasteiger partial charge on any atom is -0.756 e. The van der Waals surface area contributed by atoms with Crippen molar-refractivity contribution in [2.45, 2.75) is 244 Å². The predicted octanol–water partition coefficient (Wildman–Crippen LogP) is 19.0. The van der Waals surface area contributed by atoms with Crippen molar-refractivity contribution in [2.24, 2.45) is 0 Å². The van der Waals surface area contributed by atoms with E-state index in [9.17, 15) is 19.4 Å². The fraction of sp³-hybridized carbons (Fsp3) is 0.638. The van der Waals surface area contributed by atoms with E-state index in [2.05, 4.69) is 165 Å². The number of phosphoric ester groups is 1. The molecule has 0 aliphatic heterocycles. The first-order valence-electron chi connectivity index (χ1n) is 31.2. The van der Waals surface area contributed by atoms with Gasteiger partial charge in [0.2, 0.25) is 5.91 Å². The second-order valence-electron chi connectivity index (χ2n) is 21.7. The quantitative estimate of drug-likeness (QED) is 0.0272. The summed E-state index contributed by atoms with van der Waals surface area (Å²) in [6, 6.07) is -0.825. The minimum atomic E-state index is -4.59. The summed E-state index contributed by atoms with van der Waals surface area (Å²) in [5.74, 6) is -0.194. The highest BCUT2D eigenvalue weighted by molar-refractivity contribution is 7.45. The molecule has 0 saturated heterocycles. The van der Waals surface area contributed by atoms with Gasteiger partial charge in [-0.05, 0) is 103 Å². The van der Waals surface area contributed by atoms with Crippen LogP contribution < -0.4 is 10.2 Å². The van der Waals surface area contributed by atoms with Gasteiger partial charge in [0.05, 0.1) is 39.9 Å². The van der Waals surface area contributed by atoms with E-state index in [0.29, 0.717) is 23.9 Å². The molecule has 3 atom stereocenters. The first-order chi connectivity index (χ1) is 38.0. The molecule has 9 heteroatoms. The van der Waals surface area contributed by atoms with Crippen molar-refractivity contribution in [1.82, 2.24) is 5.32 Å². The molecule has 1 amide bonds. The van der Waals surface area contributed by atoms with Gasteiger partial charge in [0.25, 0.3) is 7.82 Å². The van der Waals surface area contributed by atoms with Crippen molar-refractivity contribution >= 4 is 13.7 Å². The van der Waals surface area contributed by atoms with E-state index in [0.717, 1.165) is 128 Å². The van der Waals surface area contributed by atoms with Crippen LogP contribution in [0.5, 0.6) is 0 Å². The molecule has 0 aromatic rings. The number of unbranched alkanes of at least 4 members (excludes halogenated alkanes) is 18. The highest BCUT2D eigenvalue weighted by Crippen LogP contribution is 2.38. The first kappa shape index (κ1) is 74.4. The van der Waals surface area contributed by atoms with E-state index in [4.69, 9.17) is 9.05 Å². The Labute approximate surface area is 480 Å². The number of hydrogen-bond acceptors (Lipinski definition) is 6. The van der Waals surface area contributed by atoms with Crippen molar-refractivity contribution < 1.29 is 32.9 Å². The molecule has 78 heavy (non-hydrogen) atoms. The molecule has 0 aliphatic carbocycles. The monoisotopic (exact) mass is 1100 g/mol. The summed E-state index contributed by atoms with van der Waals surface area (Å²) >= 11 is 0. The molecule has 2 N–H and O–H groups in total. The highest BCUT2D eigenvalue weighted by Gasteiger charge is 2.24. The lowest BCUT2D eigenvalue weighted by molar-refractivity contribution is -0.870. The number of carbonyl (C=O) groups excluding carboxylic acids is 1. The SMILES string of the molecule is CC/C=C\C/C=C\C/C=C\C/C=C\C/C=C\C/C=C\C/C=C\C/C=C\C/C=C\C/C=C\C/C=C\C/C=C\CCCCCCC(=O)NC(COP(=O)([O-])OCC[N+](C)(C)C)C(O)CCCCCCCCCCCCCCCCC. The fourth-order valence-corrected chi connectivity index (χ4v) is 8.98. The Morgan fingerprint density at radius 2 is 0.782 bits per heavy atom. The number of rotatable bonds is 55. The molecule has 0 rings (SSSR count). The molecule has 0 aliphatic rings. The van der Waals surface area contributed by atoms with E-state index in [1.165, 1.54) is 77.0 Å². The third kappa shape index (κ3) is 60.0. The largest absolute Gasteiger partial charge is 0.756 e. The zero-order chi connectivity index (χ0) is 57.0. The number of carbonyl (C=O) groups is 1. The summed E-state index contributed by atoms with van der Waals surface area (Å²) in [7, 11) is 1.27. The van der Waals surface area contributed by atoms with Crippen LogP contribution in [0.15, 0.2) is 146 Å². The van der Waals surface area contributed by atoms with Crippen molar-refractivity contribution in [1.29, 1.82) is 0 Å². The molecule has 0 spiro atoms. The zero-order valence-electron chi connectivity index (χ0n) is 50.6. The summed E-state index contributed by atoms with van der Waals surface area (Å²) < 4.78 is 23.4. The van der Waals surface area contributed by atoms with Gasteiger partial charge in [0, 0.05) is 6.42 Å². The topological polar surface area (TPSA) is 108 Å². The van der Waals surface area contributed by atoms with Crippen LogP contribution in [-0.2, 0) is 18.4 Å². The van der Waals surface area contributed by atoms with E-state index in [1.807, 2.05) is 21.1 Å². The Bertz CT molecular complexity index is 1780. The minimum absolute atomic E-state index is 0.000429. The lowest BCUT2D eigenvalue weighted by atomic mass is 10.0. The van der Waals surface area contributed by atoms with Crippen LogP contribution in [0.3, 0.4) is 0 Å². The molecule has 3 unspecified atom stereocenters. The van der Waals surface area contributed by atoms with Crippen LogP contribution in [0.4, 0.5) is 0 Å². The van der Waals surface area contributed by atoms with Gasteiger partial charge < -0.3 is 28.8 Å². The summed E-state index contributed by atoms with van der Waals surface area (Å²) in [4.78, 5) is 25.5. The zero-order valence-corrected chi connectivity index (χ0v) is 51.5. The normalized spacial score (nSPS) is 14.8. The van der Waals surface area contributed by atoms with Crippen molar-refractivity contribution in [3.05, 3.63) is 146 Å². The molecule has 444 valence electrons. The molecule has 0 fully saturated rings. The van der Waals surface area contributed by atoms with Crippen LogP contribution in [0.25, 0.3) is 0 Å². The molecule has 8 nitrogen and oxygen atoms in total. The summed E-state index contributed by atoms with van der Waals surface area (Å²) in [6.45, 7) is 4.57. The van der Waals surface area contributed by atoms with Gasteiger partial charge in [-0.1, -0.05) is 269 Å². The molecule has 0 heterocycles. The second-order valence-corrected chi connectivity index (χ2v) is 23.1. The molecule has 0 radical (unpaired) electrons. The number of phosphoric acid groups is 1. The van der Waals surface area contributed by atoms with Crippen LogP contribution >= 0.6 is 7.82 Å². The van der Waals surface area contributed by atoms with Gasteiger partial charge in [-0.2, -0.15) is 0 Å². The average Bonchev–Trinajstić information content (AvgIpc) is 3.41. The van der Waals surface area contributed by atoms with E-state index in [1.54, 1.807) is 0 Å². The Balaban J connectivity index is 4.17. The second kappa shape index (κ2) is 58.0. The van der Waals surface area contributed by atoms with Crippen LogP contribution in [-0.4, -0.2) is 68.5 Å². The number of aliphatic hydroxyl groups excluding tert-OH is 1. The summed E-state index contributed by atoms with van der Waals surface area (Å²) in [5, 5.41) is 14.0. The van der Waals surface area contributed by atoms with E-state index >= 15 is 0 Å². The van der Waals surface area contributed by atoms with Gasteiger partial charge in [-0.25, -0.2) is 0 Å². The summed E-state index contributed by atoms with van der Waals surface area (Å²) in [6.07, 6.45) is 88.9. The Kier molecular flexibility index (Phi) is 55.4. The number of hydrogen-bond donors (Lipinski definition) is 2. The van der Waals surface area contributed by atoms with Crippen LogP contribution in [0.2, 0.25) is 0 Å². The maximum Gasteiger partial charge on any atom is 0.268 e. The number of allylic oxidation sites excluding steroid dienone is 24. The van der Waals surface area contributed by atoms with Gasteiger partial charge in [-0.15, -0.1) is 0 Å².